The number of carbonyl (C=O) groups is 1. The highest BCUT2D eigenvalue weighted by molar-refractivity contribution is 5.95. The molecule has 3 aromatic rings. The second-order valence-corrected chi connectivity index (χ2v) is 6.35. The van der Waals surface area contributed by atoms with Gasteiger partial charge in [-0.15, -0.1) is 0 Å². The Hall–Kier alpha value is -2.69. The third-order valence-corrected chi connectivity index (χ3v) is 4.27. The molecule has 25 heavy (non-hydrogen) atoms. The maximum atomic E-state index is 13.7. The van der Waals surface area contributed by atoms with Gasteiger partial charge in [0.2, 0.25) is 0 Å². The lowest BCUT2D eigenvalue weighted by Crippen LogP contribution is -2.37. The summed E-state index contributed by atoms with van der Waals surface area (Å²) in [6.45, 7) is 6.42. The molecule has 0 aliphatic carbocycles. The summed E-state index contributed by atoms with van der Waals surface area (Å²) in [6.07, 6.45) is 1.94. The Labute approximate surface area is 146 Å². The van der Waals surface area contributed by atoms with Crippen LogP contribution in [-0.2, 0) is 13.0 Å². The van der Waals surface area contributed by atoms with Gasteiger partial charge in [0, 0.05) is 18.8 Å². The van der Waals surface area contributed by atoms with Gasteiger partial charge in [0.25, 0.3) is 5.91 Å². The van der Waals surface area contributed by atoms with Crippen molar-refractivity contribution in [3.05, 3.63) is 71.4 Å². The zero-order valence-corrected chi connectivity index (χ0v) is 14.7. The van der Waals surface area contributed by atoms with Gasteiger partial charge in [-0.3, -0.25) is 9.20 Å². The van der Waals surface area contributed by atoms with E-state index >= 15 is 0 Å². The van der Waals surface area contributed by atoms with E-state index in [0.717, 1.165) is 5.56 Å². The molecule has 0 aliphatic rings. The molecule has 0 atom stereocenters. The molecule has 5 heteroatoms. The van der Waals surface area contributed by atoms with Gasteiger partial charge >= 0.3 is 0 Å². The number of amides is 1. The number of nitrogens with zero attached hydrogens (tertiary/aromatic N) is 3. The van der Waals surface area contributed by atoms with E-state index in [-0.39, 0.29) is 17.8 Å². The van der Waals surface area contributed by atoms with Crippen molar-refractivity contribution < 1.29 is 9.18 Å². The number of hydrogen-bond acceptors (Lipinski definition) is 2. The molecular formula is C20H22FN3O. The van der Waals surface area contributed by atoms with Crippen LogP contribution in [-0.4, -0.2) is 26.2 Å². The van der Waals surface area contributed by atoms with Crippen LogP contribution in [0.2, 0.25) is 0 Å². The van der Waals surface area contributed by atoms with Crippen molar-refractivity contribution in [3.63, 3.8) is 0 Å². The van der Waals surface area contributed by atoms with E-state index in [9.17, 15) is 9.18 Å². The average molecular weight is 339 g/mol. The largest absolute Gasteiger partial charge is 0.331 e. The number of imidazole rings is 1. The molecule has 1 amide bonds. The lowest BCUT2D eigenvalue weighted by molar-refractivity contribution is 0.0682. The minimum absolute atomic E-state index is 0.0107. The third kappa shape index (κ3) is 3.40. The normalized spacial score (nSPS) is 11.2. The van der Waals surface area contributed by atoms with E-state index < -0.39 is 0 Å². The molecule has 0 saturated heterocycles. The van der Waals surface area contributed by atoms with Gasteiger partial charge in [-0.25, -0.2) is 9.37 Å². The molecule has 0 fully saturated rings. The van der Waals surface area contributed by atoms with Crippen molar-refractivity contribution in [1.29, 1.82) is 0 Å². The number of hydrogen-bond donors (Lipinski definition) is 0. The van der Waals surface area contributed by atoms with Gasteiger partial charge in [0.1, 0.15) is 17.2 Å². The predicted molar refractivity (Wildman–Crippen MR) is 96.0 cm³/mol. The van der Waals surface area contributed by atoms with Crippen molar-refractivity contribution in [2.75, 3.05) is 0 Å². The van der Waals surface area contributed by atoms with Crippen molar-refractivity contribution in [3.8, 4) is 0 Å². The quantitative estimate of drug-likeness (QED) is 0.702. The van der Waals surface area contributed by atoms with Crippen LogP contribution in [0.1, 0.15) is 42.5 Å². The first-order valence-electron chi connectivity index (χ1n) is 8.52. The van der Waals surface area contributed by atoms with E-state index in [1.165, 1.54) is 12.3 Å². The van der Waals surface area contributed by atoms with Gasteiger partial charge in [-0.2, -0.15) is 0 Å². The highest BCUT2D eigenvalue weighted by Gasteiger charge is 2.25. The van der Waals surface area contributed by atoms with Crippen LogP contribution in [0, 0.1) is 5.82 Å². The maximum Gasteiger partial charge on any atom is 0.273 e. The van der Waals surface area contributed by atoms with E-state index in [2.05, 4.69) is 4.98 Å². The SMILES string of the molecule is CCc1nc2ccc(F)cn2c1C(=O)N(Cc1ccccc1)C(C)C. The summed E-state index contributed by atoms with van der Waals surface area (Å²) in [5.41, 5.74) is 2.78. The van der Waals surface area contributed by atoms with Crippen molar-refractivity contribution in [1.82, 2.24) is 14.3 Å². The molecule has 0 spiro atoms. The summed E-state index contributed by atoms with van der Waals surface area (Å²) in [6, 6.07) is 12.8. The zero-order valence-electron chi connectivity index (χ0n) is 14.7. The highest BCUT2D eigenvalue weighted by Crippen LogP contribution is 2.19. The maximum absolute atomic E-state index is 13.7. The lowest BCUT2D eigenvalue weighted by Gasteiger charge is -2.27. The number of carbonyl (C=O) groups excluding carboxylic acids is 1. The fourth-order valence-electron chi connectivity index (χ4n) is 2.95. The molecule has 0 aliphatic heterocycles. The highest BCUT2D eigenvalue weighted by atomic mass is 19.1. The van der Waals surface area contributed by atoms with Gasteiger partial charge < -0.3 is 4.90 Å². The van der Waals surface area contributed by atoms with E-state index in [0.29, 0.717) is 30.0 Å². The van der Waals surface area contributed by atoms with Crippen LogP contribution in [0.3, 0.4) is 0 Å². The minimum Gasteiger partial charge on any atom is -0.331 e. The minimum atomic E-state index is -0.388. The van der Waals surface area contributed by atoms with Crippen LogP contribution in [0.4, 0.5) is 4.39 Å². The summed E-state index contributed by atoms with van der Waals surface area (Å²) in [5.74, 6) is -0.519. The Morgan fingerprint density at radius 1 is 1.20 bits per heavy atom. The molecular weight excluding hydrogens is 317 g/mol. The summed E-state index contributed by atoms with van der Waals surface area (Å²) < 4.78 is 15.3. The van der Waals surface area contributed by atoms with Crippen molar-refractivity contribution >= 4 is 11.6 Å². The molecule has 0 radical (unpaired) electrons. The molecule has 0 N–H and O–H groups in total. The Morgan fingerprint density at radius 3 is 2.56 bits per heavy atom. The molecule has 130 valence electrons. The van der Waals surface area contributed by atoms with E-state index in [4.69, 9.17) is 0 Å². The molecule has 4 nitrogen and oxygen atoms in total. The Morgan fingerprint density at radius 2 is 1.92 bits per heavy atom. The number of rotatable bonds is 5. The molecule has 1 aromatic carbocycles. The fraction of sp³-hybridized carbons (Fsp3) is 0.300. The average Bonchev–Trinajstić information content (AvgIpc) is 2.97. The number of halogens is 1. The standard InChI is InChI=1S/C20H22FN3O/c1-4-17-19(24-13-16(21)10-11-18(24)22-17)20(25)23(14(2)3)12-15-8-6-5-7-9-15/h5-11,13-14H,4,12H2,1-3H3. The number of pyridine rings is 1. The molecule has 3 rings (SSSR count). The summed E-state index contributed by atoms with van der Waals surface area (Å²) >= 11 is 0. The number of benzene rings is 1. The number of aryl methyl sites for hydroxylation is 1. The lowest BCUT2D eigenvalue weighted by atomic mass is 10.1. The second kappa shape index (κ2) is 7.05. The van der Waals surface area contributed by atoms with Gasteiger partial charge in [-0.1, -0.05) is 37.3 Å². The molecule has 0 bridgehead atoms. The summed E-state index contributed by atoms with van der Waals surface area (Å²) in [5, 5.41) is 0. The van der Waals surface area contributed by atoms with E-state index in [1.54, 1.807) is 15.4 Å². The first-order valence-corrected chi connectivity index (χ1v) is 8.52. The number of aromatic nitrogens is 2. The van der Waals surface area contributed by atoms with Crippen LogP contribution < -0.4 is 0 Å². The molecule has 2 heterocycles. The Kier molecular flexibility index (Phi) is 4.83. The topological polar surface area (TPSA) is 37.6 Å². The van der Waals surface area contributed by atoms with Crippen LogP contribution in [0.15, 0.2) is 48.7 Å². The van der Waals surface area contributed by atoms with Crippen LogP contribution in [0.25, 0.3) is 5.65 Å². The smallest absolute Gasteiger partial charge is 0.273 e. The van der Waals surface area contributed by atoms with Gasteiger partial charge in [0.15, 0.2) is 0 Å². The summed E-state index contributed by atoms with van der Waals surface area (Å²) in [7, 11) is 0. The molecule has 2 aromatic heterocycles. The van der Waals surface area contributed by atoms with Crippen LogP contribution in [0.5, 0.6) is 0 Å². The fourth-order valence-corrected chi connectivity index (χ4v) is 2.95. The van der Waals surface area contributed by atoms with Crippen molar-refractivity contribution in [2.24, 2.45) is 0 Å². The second-order valence-electron chi connectivity index (χ2n) is 6.35. The van der Waals surface area contributed by atoms with Crippen molar-refractivity contribution in [2.45, 2.75) is 39.8 Å². The zero-order chi connectivity index (χ0) is 18.0. The first-order chi connectivity index (χ1) is 12.0. The van der Waals surface area contributed by atoms with Gasteiger partial charge in [-0.05, 0) is 38.0 Å². The first kappa shape index (κ1) is 17.1. The molecule has 0 unspecified atom stereocenters. The monoisotopic (exact) mass is 339 g/mol. The summed E-state index contributed by atoms with van der Waals surface area (Å²) in [4.78, 5) is 19.6. The molecule has 0 saturated carbocycles. The number of fused-ring (bicyclic) bond motifs is 1. The third-order valence-electron chi connectivity index (χ3n) is 4.27. The Balaban J connectivity index is 2.05. The predicted octanol–water partition coefficient (Wildman–Crippen LogP) is 4.09. The van der Waals surface area contributed by atoms with Gasteiger partial charge in [0.05, 0.1) is 5.69 Å². The Bertz CT molecular complexity index is 887. The van der Waals surface area contributed by atoms with E-state index in [1.807, 2.05) is 51.1 Å². The van der Waals surface area contributed by atoms with Crippen LogP contribution >= 0.6 is 0 Å².